The van der Waals surface area contributed by atoms with Crippen LogP contribution >= 0.6 is 39.1 Å². The highest BCUT2D eigenvalue weighted by molar-refractivity contribution is 9.10. The van der Waals surface area contributed by atoms with Crippen molar-refractivity contribution in [3.63, 3.8) is 0 Å². The third kappa shape index (κ3) is 4.05. The summed E-state index contributed by atoms with van der Waals surface area (Å²) in [6, 6.07) is 3.07. The third-order valence-corrected chi connectivity index (χ3v) is 3.56. The van der Waals surface area contributed by atoms with E-state index in [0.717, 1.165) is 0 Å². The molecule has 94 valence electrons. The minimum atomic E-state index is -1.01. The number of carboxylic acid groups (broad SMARTS) is 1. The van der Waals surface area contributed by atoms with Crippen LogP contribution in [0.1, 0.15) is 19.8 Å². The smallest absolute Gasteiger partial charge is 0.344 e. The minimum Gasteiger partial charge on any atom is -0.479 e. The number of halogens is 3. The number of ether oxygens (including phenoxy) is 1. The molecule has 0 fully saturated rings. The van der Waals surface area contributed by atoms with E-state index in [0.29, 0.717) is 27.4 Å². The van der Waals surface area contributed by atoms with Gasteiger partial charge in [-0.2, -0.15) is 0 Å². The first-order valence-corrected chi connectivity index (χ1v) is 6.54. The number of carboxylic acids is 1. The van der Waals surface area contributed by atoms with Gasteiger partial charge in [0.15, 0.2) is 6.10 Å². The van der Waals surface area contributed by atoms with Gasteiger partial charge in [-0.3, -0.25) is 0 Å². The zero-order valence-electron chi connectivity index (χ0n) is 9.04. The molecular formula is C11H11BrCl2O3. The Kier molecular flexibility index (Phi) is 5.56. The van der Waals surface area contributed by atoms with E-state index in [-0.39, 0.29) is 5.75 Å². The summed E-state index contributed by atoms with van der Waals surface area (Å²) in [5, 5.41) is 9.71. The van der Waals surface area contributed by atoms with Crippen molar-refractivity contribution in [2.75, 3.05) is 0 Å². The Morgan fingerprint density at radius 3 is 2.65 bits per heavy atom. The van der Waals surface area contributed by atoms with Crippen LogP contribution < -0.4 is 4.74 Å². The summed E-state index contributed by atoms with van der Waals surface area (Å²) in [6.45, 7) is 1.88. The molecular weight excluding hydrogens is 331 g/mol. The molecule has 1 rings (SSSR count). The summed E-state index contributed by atoms with van der Waals surface area (Å²) in [6.07, 6.45) is 0.216. The van der Waals surface area contributed by atoms with Crippen LogP contribution in [0.25, 0.3) is 0 Å². The van der Waals surface area contributed by atoms with E-state index >= 15 is 0 Å². The Hall–Kier alpha value is -0.450. The van der Waals surface area contributed by atoms with Crippen LogP contribution in [0.4, 0.5) is 0 Å². The van der Waals surface area contributed by atoms with Gasteiger partial charge in [0, 0.05) is 10.5 Å². The summed E-state index contributed by atoms with van der Waals surface area (Å²) in [5.41, 5.74) is 0. The van der Waals surface area contributed by atoms with E-state index in [9.17, 15) is 4.79 Å². The van der Waals surface area contributed by atoms with Crippen molar-refractivity contribution in [1.82, 2.24) is 0 Å². The molecule has 1 unspecified atom stereocenters. The highest BCUT2D eigenvalue weighted by Crippen LogP contribution is 2.34. The molecule has 0 amide bonds. The van der Waals surface area contributed by atoms with E-state index in [1.807, 2.05) is 6.92 Å². The minimum absolute atomic E-state index is 0.278. The molecule has 1 N–H and O–H groups in total. The zero-order chi connectivity index (χ0) is 13.0. The van der Waals surface area contributed by atoms with Gasteiger partial charge in [0.1, 0.15) is 5.75 Å². The molecule has 0 saturated carbocycles. The average Bonchev–Trinajstić information content (AvgIpc) is 2.24. The van der Waals surface area contributed by atoms with Crippen molar-refractivity contribution in [2.45, 2.75) is 25.9 Å². The van der Waals surface area contributed by atoms with Crippen LogP contribution in [0, 0.1) is 0 Å². The number of carbonyl (C=O) groups is 1. The summed E-state index contributed by atoms with van der Waals surface area (Å²) in [7, 11) is 0. The molecule has 6 heteroatoms. The first-order chi connectivity index (χ1) is 7.95. The van der Waals surface area contributed by atoms with Gasteiger partial charge in [-0.25, -0.2) is 4.79 Å². The first-order valence-electron chi connectivity index (χ1n) is 4.99. The van der Waals surface area contributed by atoms with Crippen LogP contribution in [0.2, 0.25) is 10.0 Å². The maximum absolute atomic E-state index is 10.9. The van der Waals surface area contributed by atoms with Crippen LogP contribution in [-0.2, 0) is 4.79 Å². The Labute approximate surface area is 118 Å². The fraction of sp³-hybridized carbons (Fsp3) is 0.364. The number of hydrogen-bond donors (Lipinski definition) is 1. The van der Waals surface area contributed by atoms with Crippen molar-refractivity contribution in [2.24, 2.45) is 0 Å². The Balaban J connectivity index is 2.93. The van der Waals surface area contributed by atoms with Gasteiger partial charge in [0.25, 0.3) is 0 Å². The van der Waals surface area contributed by atoms with Crippen molar-refractivity contribution in [3.8, 4) is 5.75 Å². The maximum atomic E-state index is 10.9. The van der Waals surface area contributed by atoms with Gasteiger partial charge in [0.2, 0.25) is 0 Å². The molecule has 0 radical (unpaired) electrons. The van der Waals surface area contributed by atoms with E-state index in [2.05, 4.69) is 15.9 Å². The topological polar surface area (TPSA) is 46.5 Å². The van der Waals surface area contributed by atoms with Gasteiger partial charge in [-0.1, -0.05) is 36.5 Å². The lowest BCUT2D eigenvalue weighted by atomic mass is 10.2. The molecule has 0 aliphatic carbocycles. The highest BCUT2D eigenvalue weighted by atomic mass is 79.9. The van der Waals surface area contributed by atoms with Crippen LogP contribution in [0.15, 0.2) is 16.6 Å². The maximum Gasteiger partial charge on any atom is 0.344 e. The number of hydrogen-bond acceptors (Lipinski definition) is 2. The summed E-state index contributed by atoms with van der Waals surface area (Å²) in [4.78, 5) is 10.9. The fourth-order valence-electron chi connectivity index (χ4n) is 1.24. The molecule has 1 atom stereocenters. The second-order valence-corrected chi connectivity index (χ2v) is 5.10. The third-order valence-electron chi connectivity index (χ3n) is 2.07. The Morgan fingerprint density at radius 2 is 2.12 bits per heavy atom. The SMILES string of the molecule is CCCC(Oc1cc(Cl)c(Br)cc1Cl)C(=O)O. The standard InChI is InChI=1S/C11H11BrCl2O3/c1-2-3-9(11(15)16)17-10-5-7(13)6(12)4-8(10)14/h4-5,9H,2-3H2,1H3,(H,15,16). The summed E-state index contributed by atoms with van der Waals surface area (Å²) < 4.78 is 5.98. The lowest BCUT2D eigenvalue weighted by Crippen LogP contribution is -2.26. The number of benzene rings is 1. The second-order valence-electron chi connectivity index (χ2n) is 3.43. The van der Waals surface area contributed by atoms with Gasteiger partial charge in [-0.05, 0) is 28.4 Å². The van der Waals surface area contributed by atoms with Gasteiger partial charge >= 0.3 is 5.97 Å². The summed E-state index contributed by atoms with van der Waals surface area (Å²) in [5.74, 6) is -0.734. The predicted octanol–water partition coefficient (Wildman–Crippen LogP) is 4.39. The molecule has 0 heterocycles. The molecule has 0 saturated heterocycles. The van der Waals surface area contributed by atoms with E-state index in [1.165, 1.54) is 6.07 Å². The first kappa shape index (κ1) is 14.6. The number of rotatable bonds is 5. The molecule has 0 bridgehead atoms. The van der Waals surface area contributed by atoms with Crippen LogP contribution in [-0.4, -0.2) is 17.2 Å². The zero-order valence-corrected chi connectivity index (χ0v) is 12.1. The molecule has 3 nitrogen and oxygen atoms in total. The lowest BCUT2D eigenvalue weighted by Gasteiger charge is -2.15. The van der Waals surface area contributed by atoms with Crippen molar-refractivity contribution in [3.05, 3.63) is 26.7 Å². The van der Waals surface area contributed by atoms with Gasteiger partial charge < -0.3 is 9.84 Å². The molecule has 17 heavy (non-hydrogen) atoms. The van der Waals surface area contributed by atoms with Crippen LogP contribution in [0.5, 0.6) is 5.75 Å². The van der Waals surface area contributed by atoms with Crippen molar-refractivity contribution >= 4 is 45.1 Å². The summed E-state index contributed by atoms with van der Waals surface area (Å²) >= 11 is 15.1. The van der Waals surface area contributed by atoms with E-state index in [1.54, 1.807) is 6.07 Å². The Morgan fingerprint density at radius 1 is 1.47 bits per heavy atom. The van der Waals surface area contributed by atoms with E-state index in [4.69, 9.17) is 33.0 Å². The fourth-order valence-corrected chi connectivity index (χ4v) is 2.08. The highest BCUT2D eigenvalue weighted by Gasteiger charge is 2.20. The quantitative estimate of drug-likeness (QED) is 0.808. The Bertz CT molecular complexity index is 423. The monoisotopic (exact) mass is 340 g/mol. The predicted molar refractivity (Wildman–Crippen MR) is 71.1 cm³/mol. The number of aliphatic carboxylic acids is 1. The van der Waals surface area contributed by atoms with Crippen molar-refractivity contribution < 1.29 is 14.6 Å². The average molecular weight is 342 g/mol. The van der Waals surface area contributed by atoms with Gasteiger partial charge in [-0.15, -0.1) is 0 Å². The molecule has 0 aliphatic heterocycles. The lowest BCUT2D eigenvalue weighted by molar-refractivity contribution is -0.145. The molecule has 1 aromatic carbocycles. The largest absolute Gasteiger partial charge is 0.479 e. The molecule has 0 aliphatic rings. The van der Waals surface area contributed by atoms with Crippen molar-refractivity contribution in [1.29, 1.82) is 0 Å². The molecule has 0 spiro atoms. The molecule has 1 aromatic rings. The van der Waals surface area contributed by atoms with Gasteiger partial charge in [0.05, 0.1) is 10.0 Å². The molecule has 0 aromatic heterocycles. The van der Waals surface area contributed by atoms with Crippen LogP contribution in [0.3, 0.4) is 0 Å². The van der Waals surface area contributed by atoms with E-state index < -0.39 is 12.1 Å². The second kappa shape index (κ2) is 6.47. The normalized spacial score (nSPS) is 12.2.